The van der Waals surface area contributed by atoms with Crippen LogP contribution < -0.4 is 10.6 Å². The number of carbonyl (C=O) groups excluding carboxylic acids is 2. The number of nitrogens with zero attached hydrogens (tertiary/aromatic N) is 1. The number of likely N-dealkylation sites (tertiary alicyclic amines) is 1. The second kappa shape index (κ2) is 6.58. The van der Waals surface area contributed by atoms with Crippen molar-refractivity contribution in [1.29, 1.82) is 0 Å². The third-order valence-electron chi connectivity index (χ3n) is 3.58. The van der Waals surface area contributed by atoms with Gasteiger partial charge in [-0.15, -0.1) is 0 Å². The maximum atomic E-state index is 12.0. The number of amides is 3. The molecule has 1 aliphatic heterocycles. The first-order valence-corrected chi connectivity index (χ1v) is 6.75. The average Bonchev–Trinajstić information content (AvgIpc) is 2.43. The van der Waals surface area contributed by atoms with E-state index in [2.05, 4.69) is 10.6 Å². The van der Waals surface area contributed by atoms with Gasteiger partial charge in [-0.25, -0.2) is 4.79 Å². The van der Waals surface area contributed by atoms with E-state index >= 15 is 0 Å². The normalized spacial score (nSPS) is 19.4. The van der Waals surface area contributed by atoms with Gasteiger partial charge >= 0.3 is 12.0 Å². The van der Waals surface area contributed by atoms with Gasteiger partial charge in [-0.3, -0.25) is 9.59 Å². The van der Waals surface area contributed by atoms with Crippen molar-refractivity contribution in [1.82, 2.24) is 15.5 Å². The summed E-state index contributed by atoms with van der Waals surface area (Å²) in [7, 11) is 1.55. The molecule has 1 atom stereocenters. The molecule has 20 heavy (non-hydrogen) atoms. The van der Waals surface area contributed by atoms with Gasteiger partial charge in [0.15, 0.2) is 0 Å². The van der Waals surface area contributed by atoms with Crippen molar-refractivity contribution in [2.45, 2.75) is 26.7 Å². The van der Waals surface area contributed by atoms with Gasteiger partial charge < -0.3 is 20.6 Å². The molecular weight excluding hydrogens is 262 g/mol. The molecule has 0 aromatic carbocycles. The maximum absolute atomic E-state index is 12.0. The van der Waals surface area contributed by atoms with Crippen LogP contribution in [0.2, 0.25) is 0 Å². The molecule has 114 valence electrons. The first-order chi connectivity index (χ1) is 9.27. The van der Waals surface area contributed by atoms with Crippen LogP contribution in [0.1, 0.15) is 26.7 Å². The first-order valence-electron chi connectivity index (χ1n) is 6.75. The summed E-state index contributed by atoms with van der Waals surface area (Å²) in [6.07, 6.45) is 1.28. The largest absolute Gasteiger partial charge is 0.481 e. The van der Waals surface area contributed by atoms with E-state index in [1.54, 1.807) is 20.9 Å². The van der Waals surface area contributed by atoms with Crippen molar-refractivity contribution >= 4 is 17.9 Å². The molecule has 3 amide bonds. The van der Waals surface area contributed by atoms with Gasteiger partial charge in [-0.2, -0.15) is 0 Å². The lowest BCUT2D eigenvalue weighted by atomic mass is 9.92. The van der Waals surface area contributed by atoms with E-state index in [-0.39, 0.29) is 25.0 Å². The molecule has 0 saturated carbocycles. The van der Waals surface area contributed by atoms with E-state index in [1.807, 2.05) is 0 Å². The molecule has 0 aromatic rings. The number of urea groups is 1. The monoisotopic (exact) mass is 285 g/mol. The molecule has 7 nitrogen and oxygen atoms in total. The smallest absolute Gasteiger partial charge is 0.317 e. The van der Waals surface area contributed by atoms with Crippen LogP contribution in [0.15, 0.2) is 0 Å². The lowest BCUT2D eigenvalue weighted by molar-refractivity contribution is -0.143. The zero-order valence-electron chi connectivity index (χ0n) is 12.2. The fourth-order valence-corrected chi connectivity index (χ4v) is 2.19. The number of nitrogens with one attached hydrogen (secondary N) is 2. The van der Waals surface area contributed by atoms with Crippen LogP contribution in [-0.4, -0.2) is 54.6 Å². The number of rotatable bonds is 4. The number of carbonyl (C=O) groups is 3. The molecule has 7 heteroatoms. The van der Waals surface area contributed by atoms with Crippen molar-refractivity contribution in [3.8, 4) is 0 Å². The van der Waals surface area contributed by atoms with E-state index in [9.17, 15) is 14.4 Å². The second-order valence-corrected chi connectivity index (χ2v) is 5.75. The summed E-state index contributed by atoms with van der Waals surface area (Å²) < 4.78 is 0. The van der Waals surface area contributed by atoms with E-state index in [4.69, 9.17) is 5.11 Å². The summed E-state index contributed by atoms with van der Waals surface area (Å²) in [5, 5.41) is 14.2. The number of piperidine rings is 1. The number of aliphatic carboxylic acids is 1. The van der Waals surface area contributed by atoms with Crippen molar-refractivity contribution < 1.29 is 19.5 Å². The van der Waals surface area contributed by atoms with Crippen LogP contribution in [0.5, 0.6) is 0 Å². The molecule has 1 heterocycles. The summed E-state index contributed by atoms with van der Waals surface area (Å²) in [6.45, 7) is 4.46. The highest BCUT2D eigenvalue weighted by Gasteiger charge is 2.31. The highest BCUT2D eigenvalue weighted by Crippen LogP contribution is 2.17. The van der Waals surface area contributed by atoms with Gasteiger partial charge in [0.2, 0.25) is 5.91 Å². The predicted octanol–water partition coefficient (Wildman–Crippen LogP) is 0.265. The Hall–Kier alpha value is -1.79. The molecule has 1 rings (SSSR count). The van der Waals surface area contributed by atoms with Gasteiger partial charge in [0.1, 0.15) is 0 Å². The quantitative estimate of drug-likeness (QED) is 0.690. The van der Waals surface area contributed by atoms with E-state index in [1.165, 1.54) is 4.90 Å². The van der Waals surface area contributed by atoms with Crippen molar-refractivity contribution in [2.24, 2.45) is 11.3 Å². The maximum Gasteiger partial charge on any atom is 0.317 e. The average molecular weight is 285 g/mol. The number of carboxylic acid groups (broad SMARTS) is 1. The van der Waals surface area contributed by atoms with Crippen molar-refractivity contribution in [2.75, 3.05) is 26.7 Å². The lowest BCUT2D eigenvalue weighted by Gasteiger charge is -2.32. The van der Waals surface area contributed by atoms with Crippen LogP contribution in [-0.2, 0) is 9.59 Å². The highest BCUT2D eigenvalue weighted by molar-refractivity contribution is 5.83. The topological polar surface area (TPSA) is 98.7 Å². The minimum Gasteiger partial charge on any atom is -0.481 e. The number of hydrogen-bond acceptors (Lipinski definition) is 3. The molecule has 0 radical (unpaired) electrons. The van der Waals surface area contributed by atoms with Gasteiger partial charge in [-0.1, -0.05) is 0 Å². The third-order valence-corrected chi connectivity index (χ3v) is 3.58. The molecule has 0 unspecified atom stereocenters. The first kappa shape index (κ1) is 16.3. The molecule has 3 N–H and O–H groups in total. The van der Waals surface area contributed by atoms with E-state index in [0.29, 0.717) is 19.4 Å². The predicted molar refractivity (Wildman–Crippen MR) is 73.2 cm³/mol. The Bertz CT molecular complexity index is 395. The zero-order valence-corrected chi connectivity index (χ0v) is 12.2. The molecule has 1 saturated heterocycles. The zero-order chi connectivity index (χ0) is 15.3. The second-order valence-electron chi connectivity index (χ2n) is 5.75. The minimum absolute atomic E-state index is 0.153. The molecular formula is C13H23N3O4. The lowest BCUT2D eigenvalue weighted by Crippen LogP contribution is -2.50. The van der Waals surface area contributed by atoms with Crippen LogP contribution >= 0.6 is 0 Å². The summed E-state index contributed by atoms with van der Waals surface area (Å²) >= 11 is 0. The summed E-state index contributed by atoms with van der Waals surface area (Å²) in [5.41, 5.74) is -0.702. The van der Waals surface area contributed by atoms with Crippen LogP contribution in [0.3, 0.4) is 0 Å². The summed E-state index contributed by atoms with van der Waals surface area (Å²) in [5.74, 6) is -1.52. The van der Waals surface area contributed by atoms with Crippen LogP contribution in [0.25, 0.3) is 0 Å². The van der Waals surface area contributed by atoms with Crippen LogP contribution in [0, 0.1) is 11.3 Å². The summed E-state index contributed by atoms with van der Waals surface area (Å²) in [6, 6.07) is -0.312. The number of carboxylic acids is 1. The SMILES string of the molecule is CNC(=O)C(C)(C)CNC(=O)N1CCC[C@@H](C(=O)O)C1. The van der Waals surface area contributed by atoms with Gasteiger partial charge in [0.25, 0.3) is 0 Å². The molecule has 0 spiro atoms. The molecule has 0 aromatic heterocycles. The van der Waals surface area contributed by atoms with Crippen LogP contribution in [0.4, 0.5) is 4.79 Å². The Kier molecular flexibility index (Phi) is 5.35. The summed E-state index contributed by atoms with van der Waals surface area (Å²) in [4.78, 5) is 36.1. The van der Waals surface area contributed by atoms with Crippen molar-refractivity contribution in [3.63, 3.8) is 0 Å². The Balaban J connectivity index is 2.50. The Morgan fingerprint density at radius 1 is 1.35 bits per heavy atom. The van der Waals surface area contributed by atoms with Gasteiger partial charge in [-0.05, 0) is 26.7 Å². The highest BCUT2D eigenvalue weighted by atomic mass is 16.4. The molecule has 0 aliphatic carbocycles. The van der Waals surface area contributed by atoms with E-state index < -0.39 is 17.3 Å². The molecule has 0 bridgehead atoms. The Morgan fingerprint density at radius 3 is 2.55 bits per heavy atom. The Morgan fingerprint density at radius 2 is 2.00 bits per heavy atom. The fourth-order valence-electron chi connectivity index (χ4n) is 2.19. The van der Waals surface area contributed by atoms with Gasteiger partial charge in [0.05, 0.1) is 11.3 Å². The van der Waals surface area contributed by atoms with E-state index in [0.717, 1.165) is 0 Å². The molecule has 1 aliphatic rings. The standard InChI is InChI=1S/C13H23N3O4/c1-13(2,11(19)14-3)8-15-12(20)16-6-4-5-9(7-16)10(17)18/h9H,4-8H2,1-3H3,(H,14,19)(H,15,20)(H,17,18)/t9-/m1/s1. The van der Waals surface area contributed by atoms with Gasteiger partial charge in [0, 0.05) is 26.7 Å². The Labute approximate surface area is 118 Å². The van der Waals surface area contributed by atoms with Crippen molar-refractivity contribution in [3.05, 3.63) is 0 Å². The minimum atomic E-state index is -0.867. The third kappa shape index (κ3) is 4.11. The molecule has 1 fully saturated rings. The fraction of sp³-hybridized carbons (Fsp3) is 0.769. The number of hydrogen-bond donors (Lipinski definition) is 3.